The van der Waals surface area contributed by atoms with Gasteiger partial charge in [0.15, 0.2) is 0 Å². The van der Waals surface area contributed by atoms with Crippen LogP contribution in [0.2, 0.25) is 5.02 Å². The monoisotopic (exact) mass is 386 g/mol. The molecule has 132 valence electrons. The summed E-state index contributed by atoms with van der Waals surface area (Å²) in [6.07, 6.45) is 1.54. The minimum Gasteiger partial charge on any atom is -0.462 e. The van der Waals surface area contributed by atoms with Crippen LogP contribution in [0.5, 0.6) is 0 Å². The van der Waals surface area contributed by atoms with E-state index in [9.17, 15) is 9.59 Å². The van der Waals surface area contributed by atoms with E-state index in [0.717, 1.165) is 5.56 Å². The second-order valence-corrected chi connectivity index (χ2v) is 6.57. The fourth-order valence-corrected chi connectivity index (χ4v) is 3.44. The molecule has 0 radical (unpaired) electrons. The first-order valence-corrected chi connectivity index (χ1v) is 9.13. The molecule has 1 amide bonds. The summed E-state index contributed by atoms with van der Waals surface area (Å²) in [7, 11) is 0. The Kier molecular flexibility index (Phi) is 5.65. The Hall–Kier alpha value is -2.70. The maximum atomic E-state index is 12.5. The molecule has 1 aromatic carbocycles. The van der Waals surface area contributed by atoms with Gasteiger partial charge in [-0.2, -0.15) is 0 Å². The number of nitrogens with zero attached hydrogens (tertiary/aromatic N) is 1. The number of pyridine rings is 1. The standard InChI is InChI=1S/C19H15ClN2O3S/c1-2-25-19(24)16-14(12-6-8-13(20)9-7-12)11-26-18(16)22-17(23)15-5-3-4-10-21-15/h3-11H,2H2,1H3,(H,22,23). The molecular formula is C19H15ClN2O3S. The normalized spacial score (nSPS) is 10.4. The van der Waals surface area contributed by atoms with Crippen LogP contribution in [0.1, 0.15) is 27.8 Å². The predicted molar refractivity (Wildman–Crippen MR) is 103 cm³/mol. The number of rotatable bonds is 5. The van der Waals surface area contributed by atoms with E-state index in [-0.39, 0.29) is 18.2 Å². The minimum absolute atomic E-state index is 0.238. The lowest BCUT2D eigenvalue weighted by molar-refractivity contribution is 0.0529. The second kappa shape index (κ2) is 8.12. The number of hydrogen-bond acceptors (Lipinski definition) is 5. The highest BCUT2D eigenvalue weighted by Crippen LogP contribution is 2.36. The minimum atomic E-state index is -0.491. The van der Waals surface area contributed by atoms with Crippen molar-refractivity contribution in [2.45, 2.75) is 6.92 Å². The summed E-state index contributed by atoms with van der Waals surface area (Å²) < 4.78 is 5.17. The quantitative estimate of drug-likeness (QED) is 0.634. The summed E-state index contributed by atoms with van der Waals surface area (Å²) in [4.78, 5) is 28.9. The van der Waals surface area contributed by atoms with Crippen molar-refractivity contribution < 1.29 is 14.3 Å². The van der Waals surface area contributed by atoms with Crippen LogP contribution >= 0.6 is 22.9 Å². The highest BCUT2D eigenvalue weighted by Gasteiger charge is 2.23. The lowest BCUT2D eigenvalue weighted by Gasteiger charge is -2.08. The molecule has 0 saturated carbocycles. The Morgan fingerprint density at radius 2 is 1.96 bits per heavy atom. The molecule has 0 bridgehead atoms. The number of carbonyl (C=O) groups is 2. The van der Waals surface area contributed by atoms with E-state index in [2.05, 4.69) is 10.3 Å². The number of nitrogens with one attached hydrogen (secondary N) is 1. The number of ether oxygens (including phenoxy) is 1. The van der Waals surface area contributed by atoms with Crippen LogP contribution < -0.4 is 5.32 Å². The van der Waals surface area contributed by atoms with E-state index in [1.165, 1.54) is 17.5 Å². The zero-order valence-electron chi connectivity index (χ0n) is 13.9. The van der Waals surface area contributed by atoms with Crippen molar-refractivity contribution >= 4 is 39.8 Å². The Morgan fingerprint density at radius 3 is 2.62 bits per heavy atom. The van der Waals surface area contributed by atoms with Crippen LogP contribution in [0.15, 0.2) is 54.0 Å². The molecule has 0 aliphatic rings. The van der Waals surface area contributed by atoms with Crippen molar-refractivity contribution in [1.82, 2.24) is 4.98 Å². The first-order valence-electron chi connectivity index (χ1n) is 7.87. The van der Waals surface area contributed by atoms with Gasteiger partial charge in [0.2, 0.25) is 0 Å². The molecule has 2 aromatic heterocycles. The van der Waals surface area contributed by atoms with Crippen molar-refractivity contribution in [3.05, 3.63) is 70.3 Å². The van der Waals surface area contributed by atoms with Gasteiger partial charge in [-0.3, -0.25) is 9.78 Å². The van der Waals surface area contributed by atoms with Crippen molar-refractivity contribution in [2.24, 2.45) is 0 Å². The number of benzene rings is 1. The molecule has 26 heavy (non-hydrogen) atoms. The molecule has 0 aliphatic heterocycles. The fraction of sp³-hybridized carbons (Fsp3) is 0.105. The lowest BCUT2D eigenvalue weighted by atomic mass is 10.0. The Balaban J connectivity index is 1.98. The second-order valence-electron chi connectivity index (χ2n) is 5.25. The molecule has 0 unspecified atom stereocenters. The third kappa shape index (κ3) is 3.92. The van der Waals surface area contributed by atoms with E-state index in [0.29, 0.717) is 21.2 Å². The predicted octanol–water partition coefficient (Wildman–Crippen LogP) is 4.89. The highest BCUT2D eigenvalue weighted by atomic mass is 35.5. The molecule has 7 heteroatoms. The number of hydrogen-bond donors (Lipinski definition) is 1. The first-order chi connectivity index (χ1) is 12.6. The molecular weight excluding hydrogens is 372 g/mol. The van der Waals surface area contributed by atoms with Gasteiger partial charge >= 0.3 is 5.97 Å². The number of anilines is 1. The van der Waals surface area contributed by atoms with E-state index in [1.54, 1.807) is 37.3 Å². The van der Waals surface area contributed by atoms with Crippen molar-refractivity contribution in [3.8, 4) is 11.1 Å². The first kappa shape index (κ1) is 18.1. The molecule has 1 N–H and O–H groups in total. The molecule has 2 heterocycles. The molecule has 3 aromatic rings. The van der Waals surface area contributed by atoms with Gasteiger partial charge < -0.3 is 10.1 Å². The molecule has 0 saturated heterocycles. The van der Waals surface area contributed by atoms with E-state index in [1.807, 2.05) is 17.5 Å². The average Bonchev–Trinajstić information content (AvgIpc) is 3.07. The molecule has 0 spiro atoms. The number of amides is 1. The summed E-state index contributed by atoms with van der Waals surface area (Å²) in [5.41, 5.74) is 2.08. The zero-order chi connectivity index (χ0) is 18.5. The van der Waals surface area contributed by atoms with Gasteiger partial charge in [0, 0.05) is 22.2 Å². The largest absolute Gasteiger partial charge is 0.462 e. The van der Waals surface area contributed by atoms with Gasteiger partial charge in [-0.05, 0) is 36.8 Å². The molecule has 3 rings (SSSR count). The van der Waals surface area contributed by atoms with Gasteiger partial charge in [0.1, 0.15) is 16.3 Å². The van der Waals surface area contributed by atoms with Gasteiger partial charge in [-0.15, -0.1) is 11.3 Å². The SMILES string of the molecule is CCOC(=O)c1c(-c2ccc(Cl)cc2)csc1NC(=O)c1ccccn1. The number of thiophene rings is 1. The van der Waals surface area contributed by atoms with E-state index < -0.39 is 5.97 Å². The smallest absolute Gasteiger partial charge is 0.341 e. The lowest BCUT2D eigenvalue weighted by Crippen LogP contribution is -2.15. The van der Waals surface area contributed by atoms with E-state index >= 15 is 0 Å². The molecule has 0 fully saturated rings. The maximum absolute atomic E-state index is 12.5. The van der Waals surface area contributed by atoms with Crippen LogP contribution in [-0.4, -0.2) is 23.5 Å². The van der Waals surface area contributed by atoms with Crippen molar-refractivity contribution in [3.63, 3.8) is 0 Å². The van der Waals surface area contributed by atoms with Crippen LogP contribution in [0.4, 0.5) is 5.00 Å². The number of aromatic nitrogens is 1. The van der Waals surface area contributed by atoms with Gasteiger partial charge in [-0.1, -0.05) is 29.8 Å². The van der Waals surface area contributed by atoms with Crippen LogP contribution in [-0.2, 0) is 4.74 Å². The Morgan fingerprint density at radius 1 is 1.19 bits per heavy atom. The fourth-order valence-electron chi connectivity index (χ4n) is 2.36. The summed E-state index contributed by atoms with van der Waals surface area (Å²) in [6, 6.07) is 12.2. The van der Waals surface area contributed by atoms with Crippen LogP contribution in [0.25, 0.3) is 11.1 Å². The summed E-state index contributed by atoms with van der Waals surface area (Å²) in [5, 5.41) is 5.59. The highest BCUT2D eigenvalue weighted by molar-refractivity contribution is 7.15. The summed E-state index contributed by atoms with van der Waals surface area (Å²) >= 11 is 7.20. The van der Waals surface area contributed by atoms with E-state index in [4.69, 9.17) is 16.3 Å². The molecule has 0 aliphatic carbocycles. The Bertz CT molecular complexity index is 924. The number of carbonyl (C=O) groups excluding carboxylic acids is 2. The van der Waals surface area contributed by atoms with Gasteiger partial charge in [0.05, 0.1) is 6.61 Å². The average molecular weight is 387 g/mol. The third-order valence-corrected chi connectivity index (χ3v) is 4.70. The number of esters is 1. The van der Waals surface area contributed by atoms with Gasteiger partial charge in [0.25, 0.3) is 5.91 Å². The number of halogens is 1. The van der Waals surface area contributed by atoms with Gasteiger partial charge in [-0.25, -0.2) is 4.79 Å². The maximum Gasteiger partial charge on any atom is 0.341 e. The molecule has 0 atom stereocenters. The summed E-state index contributed by atoms with van der Waals surface area (Å²) in [5.74, 6) is -0.879. The van der Waals surface area contributed by atoms with Crippen molar-refractivity contribution in [2.75, 3.05) is 11.9 Å². The van der Waals surface area contributed by atoms with Crippen molar-refractivity contribution in [1.29, 1.82) is 0 Å². The molecule has 5 nitrogen and oxygen atoms in total. The Labute approximate surface area is 159 Å². The van der Waals surface area contributed by atoms with Crippen LogP contribution in [0, 0.1) is 0 Å². The zero-order valence-corrected chi connectivity index (χ0v) is 15.4. The third-order valence-electron chi connectivity index (χ3n) is 3.55. The summed E-state index contributed by atoms with van der Waals surface area (Å²) in [6.45, 7) is 1.97. The topological polar surface area (TPSA) is 68.3 Å². The van der Waals surface area contributed by atoms with Crippen LogP contribution in [0.3, 0.4) is 0 Å².